The highest BCUT2D eigenvalue weighted by Gasteiger charge is 2.33. The minimum Gasteiger partial charge on any atom is -0.493 e. The van der Waals surface area contributed by atoms with Crippen molar-refractivity contribution in [3.63, 3.8) is 0 Å². The molecule has 0 spiro atoms. The molecule has 6 nitrogen and oxygen atoms in total. The molecule has 2 N–H and O–H groups in total. The van der Waals surface area contributed by atoms with Crippen LogP contribution in [0.2, 0.25) is 0 Å². The van der Waals surface area contributed by atoms with Crippen molar-refractivity contribution >= 4 is 41.3 Å². The minimum atomic E-state index is -4.40. The summed E-state index contributed by atoms with van der Waals surface area (Å²) in [5, 5.41) is 7.67. The molecule has 0 bridgehead atoms. The zero-order valence-electron chi connectivity index (χ0n) is 16.3. The van der Waals surface area contributed by atoms with E-state index in [1.807, 2.05) is 25.1 Å². The molecule has 0 aliphatic heterocycles. The molecular formula is C18H24F3IN4O2S. The lowest BCUT2D eigenvalue weighted by atomic mass is 10.2. The van der Waals surface area contributed by atoms with Gasteiger partial charge < -0.3 is 20.1 Å². The molecule has 0 aliphatic rings. The molecule has 2 aromatic rings. The van der Waals surface area contributed by atoms with Crippen molar-refractivity contribution in [1.82, 2.24) is 15.6 Å². The molecule has 2 rings (SSSR count). The number of halogens is 4. The molecule has 0 unspecified atom stereocenters. The highest BCUT2D eigenvalue weighted by atomic mass is 127. The summed E-state index contributed by atoms with van der Waals surface area (Å²) >= 11 is 1.00. The number of alkyl halides is 3. The molecule has 0 amide bonds. The molecule has 162 valence electrons. The van der Waals surface area contributed by atoms with Gasteiger partial charge in [-0.15, -0.1) is 35.3 Å². The van der Waals surface area contributed by atoms with Gasteiger partial charge in [0.15, 0.2) is 23.2 Å². The Morgan fingerprint density at radius 3 is 2.48 bits per heavy atom. The van der Waals surface area contributed by atoms with Crippen molar-refractivity contribution in [2.24, 2.45) is 4.99 Å². The zero-order chi connectivity index (χ0) is 20.6. The molecule has 0 fully saturated rings. The molecule has 0 aliphatic carbocycles. The van der Waals surface area contributed by atoms with Crippen molar-refractivity contribution in [3.05, 3.63) is 39.8 Å². The number of thiazole rings is 1. The van der Waals surface area contributed by atoms with E-state index in [-0.39, 0.29) is 24.0 Å². The number of benzene rings is 1. The van der Waals surface area contributed by atoms with E-state index in [0.29, 0.717) is 48.5 Å². The Kier molecular flexibility index (Phi) is 10.5. The van der Waals surface area contributed by atoms with Crippen LogP contribution in [0.5, 0.6) is 11.5 Å². The smallest absolute Gasteiger partial charge is 0.434 e. The van der Waals surface area contributed by atoms with E-state index < -0.39 is 11.9 Å². The highest BCUT2D eigenvalue weighted by molar-refractivity contribution is 14.0. The summed E-state index contributed by atoms with van der Waals surface area (Å²) in [5.74, 6) is 1.84. The number of ether oxygens (including phenoxy) is 2. The summed E-state index contributed by atoms with van der Waals surface area (Å²) in [6.45, 7) is 3.42. The van der Waals surface area contributed by atoms with Crippen LogP contribution in [0.25, 0.3) is 0 Å². The summed E-state index contributed by atoms with van der Waals surface area (Å²) in [7, 11) is 3.14. The third-order valence-electron chi connectivity index (χ3n) is 3.69. The Morgan fingerprint density at radius 2 is 1.90 bits per heavy atom. The van der Waals surface area contributed by atoms with Gasteiger partial charge in [0.05, 0.1) is 25.8 Å². The predicted octanol–water partition coefficient (Wildman–Crippen LogP) is 4.09. The molecule has 0 saturated heterocycles. The van der Waals surface area contributed by atoms with Gasteiger partial charge in [0.2, 0.25) is 0 Å². The van der Waals surface area contributed by atoms with Crippen LogP contribution in [0.15, 0.2) is 28.6 Å². The summed E-state index contributed by atoms with van der Waals surface area (Å²) in [5.41, 5.74) is 0.0890. The minimum absolute atomic E-state index is 0. The molecule has 0 atom stereocenters. The van der Waals surface area contributed by atoms with Crippen molar-refractivity contribution in [1.29, 1.82) is 0 Å². The molecule has 11 heteroatoms. The molecule has 0 radical (unpaired) electrons. The number of hydrogen-bond donors (Lipinski definition) is 2. The highest BCUT2D eigenvalue weighted by Crippen LogP contribution is 2.30. The van der Waals surface area contributed by atoms with Gasteiger partial charge in [0.1, 0.15) is 0 Å². The normalized spacial score (nSPS) is 11.6. The maximum Gasteiger partial charge on any atom is 0.434 e. The van der Waals surface area contributed by atoms with Crippen LogP contribution in [0.1, 0.15) is 23.2 Å². The Hall–Kier alpha value is -1.76. The Morgan fingerprint density at radius 1 is 1.17 bits per heavy atom. The Balaban J connectivity index is 0.00000420. The topological polar surface area (TPSA) is 67.8 Å². The van der Waals surface area contributed by atoms with Crippen LogP contribution in [-0.2, 0) is 19.1 Å². The number of aliphatic imine (C=N–C) groups is 1. The largest absolute Gasteiger partial charge is 0.493 e. The summed E-state index contributed by atoms with van der Waals surface area (Å²) in [6.07, 6.45) is -4.03. The van der Waals surface area contributed by atoms with E-state index in [1.54, 1.807) is 14.2 Å². The first-order chi connectivity index (χ1) is 13.4. The van der Waals surface area contributed by atoms with E-state index >= 15 is 0 Å². The maximum absolute atomic E-state index is 12.6. The van der Waals surface area contributed by atoms with E-state index in [9.17, 15) is 13.2 Å². The monoisotopic (exact) mass is 544 g/mol. The lowest BCUT2D eigenvalue weighted by molar-refractivity contribution is -0.140. The summed E-state index contributed by atoms with van der Waals surface area (Å²) in [4.78, 5) is 8.11. The standard InChI is InChI=1S/C18H23F3N4O2S.HI/c1-4-22-17(23-8-7-16-25-15(11-28-16)18(19,20)21)24-10-12-5-6-13(26-2)14(9-12)27-3;/h5-6,9,11H,4,7-8,10H2,1-3H3,(H2,22,23,24);1H. The second-order valence-corrected chi connectivity index (χ2v) is 6.63. The van der Waals surface area contributed by atoms with Gasteiger partial charge in [-0.1, -0.05) is 6.07 Å². The number of hydrogen-bond acceptors (Lipinski definition) is 5. The lowest BCUT2D eigenvalue weighted by Crippen LogP contribution is -2.38. The van der Waals surface area contributed by atoms with E-state index in [2.05, 4.69) is 20.6 Å². The van der Waals surface area contributed by atoms with Crippen LogP contribution in [0.3, 0.4) is 0 Å². The van der Waals surface area contributed by atoms with Gasteiger partial charge in [0.25, 0.3) is 0 Å². The molecule has 1 aromatic carbocycles. The lowest BCUT2D eigenvalue weighted by Gasteiger charge is -2.12. The Labute approximate surface area is 188 Å². The van der Waals surface area contributed by atoms with Crippen LogP contribution < -0.4 is 20.1 Å². The summed E-state index contributed by atoms with van der Waals surface area (Å²) in [6, 6.07) is 5.55. The fraction of sp³-hybridized carbons (Fsp3) is 0.444. The van der Waals surface area contributed by atoms with Crippen molar-refractivity contribution < 1.29 is 22.6 Å². The van der Waals surface area contributed by atoms with E-state index in [4.69, 9.17) is 9.47 Å². The van der Waals surface area contributed by atoms with Gasteiger partial charge >= 0.3 is 6.18 Å². The average molecular weight is 544 g/mol. The first-order valence-corrected chi connectivity index (χ1v) is 9.50. The van der Waals surface area contributed by atoms with Gasteiger partial charge in [0, 0.05) is 24.9 Å². The second-order valence-electron chi connectivity index (χ2n) is 5.69. The van der Waals surface area contributed by atoms with Crippen LogP contribution in [0.4, 0.5) is 13.2 Å². The number of rotatable bonds is 8. The van der Waals surface area contributed by atoms with Crippen molar-refractivity contribution in [2.45, 2.75) is 26.1 Å². The second kappa shape index (κ2) is 12.1. The first kappa shape index (κ1) is 25.3. The number of nitrogens with one attached hydrogen (secondary N) is 2. The van der Waals surface area contributed by atoms with Crippen molar-refractivity contribution in [2.75, 3.05) is 27.3 Å². The third kappa shape index (κ3) is 7.88. The predicted molar refractivity (Wildman–Crippen MR) is 119 cm³/mol. The van der Waals surface area contributed by atoms with Crippen LogP contribution >= 0.6 is 35.3 Å². The zero-order valence-corrected chi connectivity index (χ0v) is 19.4. The number of guanidine groups is 1. The van der Waals surface area contributed by atoms with Gasteiger partial charge in [-0.05, 0) is 24.6 Å². The number of aromatic nitrogens is 1. The van der Waals surface area contributed by atoms with Gasteiger partial charge in [-0.3, -0.25) is 0 Å². The number of methoxy groups -OCH3 is 2. The van der Waals surface area contributed by atoms with E-state index in [1.165, 1.54) is 0 Å². The molecule has 1 heterocycles. The summed E-state index contributed by atoms with van der Waals surface area (Å²) < 4.78 is 48.3. The van der Waals surface area contributed by atoms with E-state index in [0.717, 1.165) is 22.3 Å². The Bertz CT molecular complexity index is 800. The average Bonchev–Trinajstić information content (AvgIpc) is 3.15. The molecule has 0 saturated carbocycles. The van der Waals surface area contributed by atoms with Gasteiger partial charge in [-0.25, -0.2) is 9.98 Å². The first-order valence-electron chi connectivity index (χ1n) is 8.62. The fourth-order valence-corrected chi connectivity index (χ4v) is 3.14. The van der Waals surface area contributed by atoms with Gasteiger partial charge in [-0.2, -0.15) is 13.2 Å². The molecule has 1 aromatic heterocycles. The SMILES string of the molecule is CCNC(=NCc1ccc(OC)c(OC)c1)NCCc1nc(C(F)(F)F)cs1.I. The molecular weight excluding hydrogens is 520 g/mol. The molecule has 29 heavy (non-hydrogen) atoms. The number of nitrogens with zero attached hydrogens (tertiary/aromatic N) is 2. The van der Waals surface area contributed by atoms with Crippen molar-refractivity contribution in [3.8, 4) is 11.5 Å². The quantitative estimate of drug-likeness (QED) is 0.298. The fourth-order valence-electron chi connectivity index (χ4n) is 2.33. The third-order valence-corrected chi connectivity index (χ3v) is 4.59. The van der Waals surface area contributed by atoms with Crippen LogP contribution in [0, 0.1) is 0 Å². The van der Waals surface area contributed by atoms with Crippen LogP contribution in [-0.4, -0.2) is 38.3 Å². The maximum atomic E-state index is 12.6.